The summed E-state index contributed by atoms with van der Waals surface area (Å²) in [6.07, 6.45) is 3.80. The van der Waals surface area contributed by atoms with Crippen LogP contribution in [0.5, 0.6) is 0 Å². The molecule has 0 atom stereocenters. The van der Waals surface area contributed by atoms with E-state index in [1.807, 2.05) is 25.1 Å². The van der Waals surface area contributed by atoms with Crippen LogP contribution in [0.1, 0.15) is 18.4 Å². The van der Waals surface area contributed by atoms with Crippen molar-refractivity contribution in [3.8, 4) is 0 Å². The Morgan fingerprint density at radius 2 is 2.04 bits per heavy atom. The molecule has 8 nitrogen and oxygen atoms in total. The molecular weight excluding hydrogens is 398 g/mol. The molecule has 3 aromatic rings. The number of carbonyl (C=O) groups excluding carboxylic acids is 1. The van der Waals surface area contributed by atoms with Gasteiger partial charge >= 0.3 is 0 Å². The first kappa shape index (κ1) is 19.0. The van der Waals surface area contributed by atoms with Gasteiger partial charge in [-0.15, -0.1) is 0 Å². The molecule has 1 saturated heterocycles. The molecular formula is C18H21N5O3S2. The Morgan fingerprint density at radius 1 is 1.29 bits per heavy atom. The summed E-state index contributed by atoms with van der Waals surface area (Å²) in [5.74, 6) is -0.330. The lowest BCUT2D eigenvalue weighted by atomic mass is 9.97. The number of nitrogens with one attached hydrogen (secondary N) is 1. The van der Waals surface area contributed by atoms with Gasteiger partial charge < -0.3 is 5.32 Å². The number of para-hydroxylation sites is 1. The monoisotopic (exact) mass is 419 g/mol. The van der Waals surface area contributed by atoms with Gasteiger partial charge in [0.2, 0.25) is 15.9 Å². The zero-order valence-electron chi connectivity index (χ0n) is 15.6. The minimum absolute atomic E-state index is 0.102. The van der Waals surface area contributed by atoms with Crippen molar-refractivity contribution in [2.45, 2.75) is 24.7 Å². The van der Waals surface area contributed by atoms with E-state index < -0.39 is 10.0 Å². The molecule has 0 radical (unpaired) electrons. The molecule has 0 aliphatic carbocycles. The van der Waals surface area contributed by atoms with Crippen molar-refractivity contribution in [1.82, 2.24) is 19.1 Å². The zero-order chi connectivity index (χ0) is 19.9. The maximum atomic E-state index is 12.7. The van der Waals surface area contributed by atoms with Gasteiger partial charge in [0.05, 0.1) is 16.4 Å². The Kier molecular flexibility index (Phi) is 4.94. The van der Waals surface area contributed by atoms with Crippen molar-refractivity contribution < 1.29 is 13.2 Å². The first-order valence-corrected chi connectivity index (χ1v) is 11.3. The van der Waals surface area contributed by atoms with Crippen LogP contribution in [0.15, 0.2) is 35.5 Å². The number of sulfonamides is 1. The summed E-state index contributed by atoms with van der Waals surface area (Å²) in [6.45, 7) is 2.62. The fraction of sp³-hybridized carbons (Fsp3) is 0.389. The largest absolute Gasteiger partial charge is 0.302 e. The SMILES string of the molecule is Cc1cccc2sc(NC(=O)C3CCN(S(=O)(=O)c4cnn(C)c4)CC3)nc12. The molecule has 1 amide bonds. The highest BCUT2D eigenvalue weighted by molar-refractivity contribution is 7.89. The maximum Gasteiger partial charge on any atom is 0.246 e. The molecule has 1 aliphatic rings. The molecule has 3 heterocycles. The highest BCUT2D eigenvalue weighted by Gasteiger charge is 2.33. The Labute approximate surface area is 167 Å². The van der Waals surface area contributed by atoms with Crippen molar-refractivity contribution in [2.75, 3.05) is 18.4 Å². The number of benzene rings is 1. The van der Waals surface area contributed by atoms with Crippen LogP contribution in [0.2, 0.25) is 0 Å². The predicted molar refractivity (Wildman–Crippen MR) is 108 cm³/mol. The molecule has 0 bridgehead atoms. The van der Waals surface area contributed by atoms with Crippen molar-refractivity contribution in [2.24, 2.45) is 13.0 Å². The number of hydrogen-bond acceptors (Lipinski definition) is 6. The molecule has 1 aliphatic heterocycles. The van der Waals surface area contributed by atoms with E-state index in [4.69, 9.17) is 0 Å². The average Bonchev–Trinajstić information content (AvgIpc) is 3.29. The highest BCUT2D eigenvalue weighted by Crippen LogP contribution is 2.29. The average molecular weight is 420 g/mol. The molecule has 1 N–H and O–H groups in total. The second-order valence-corrected chi connectivity index (χ2v) is 9.93. The molecule has 1 aromatic carbocycles. The number of aromatic nitrogens is 3. The van der Waals surface area contributed by atoms with E-state index in [-0.39, 0.29) is 16.7 Å². The van der Waals surface area contributed by atoms with E-state index in [0.29, 0.717) is 31.1 Å². The number of amides is 1. The van der Waals surface area contributed by atoms with Gasteiger partial charge in [-0.1, -0.05) is 23.5 Å². The van der Waals surface area contributed by atoms with E-state index in [1.54, 1.807) is 7.05 Å². The van der Waals surface area contributed by atoms with Gasteiger partial charge in [0.25, 0.3) is 0 Å². The number of nitrogens with zero attached hydrogens (tertiary/aromatic N) is 4. The lowest BCUT2D eigenvalue weighted by Crippen LogP contribution is -2.41. The zero-order valence-corrected chi connectivity index (χ0v) is 17.3. The van der Waals surface area contributed by atoms with Crippen molar-refractivity contribution in [3.05, 3.63) is 36.2 Å². The van der Waals surface area contributed by atoms with Crippen LogP contribution >= 0.6 is 11.3 Å². The molecule has 10 heteroatoms. The van der Waals surface area contributed by atoms with Crippen molar-refractivity contribution >= 4 is 42.6 Å². The molecule has 0 unspecified atom stereocenters. The number of carbonyl (C=O) groups is 1. The summed E-state index contributed by atoms with van der Waals surface area (Å²) in [7, 11) is -1.88. The molecule has 4 rings (SSSR count). The van der Waals surface area contributed by atoms with Gasteiger partial charge in [-0.25, -0.2) is 13.4 Å². The summed E-state index contributed by atoms with van der Waals surface area (Å²) in [6, 6.07) is 5.95. The van der Waals surface area contributed by atoms with Gasteiger partial charge in [-0.05, 0) is 31.4 Å². The molecule has 148 valence electrons. The van der Waals surface area contributed by atoms with Crippen LogP contribution in [0.3, 0.4) is 0 Å². The van der Waals surface area contributed by atoms with Gasteiger partial charge in [0.1, 0.15) is 4.90 Å². The first-order valence-electron chi connectivity index (χ1n) is 9.00. The third kappa shape index (κ3) is 3.54. The topological polar surface area (TPSA) is 97.2 Å². The lowest BCUT2D eigenvalue weighted by Gasteiger charge is -2.29. The van der Waals surface area contributed by atoms with Crippen LogP contribution in [0, 0.1) is 12.8 Å². The Balaban J connectivity index is 1.40. The summed E-state index contributed by atoms with van der Waals surface area (Å²) in [4.78, 5) is 17.3. The smallest absolute Gasteiger partial charge is 0.246 e. The summed E-state index contributed by atoms with van der Waals surface area (Å²) >= 11 is 1.45. The number of aryl methyl sites for hydroxylation is 2. The van der Waals surface area contributed by atoms with E-state index in [1.165, 1.54) is 32.7 Å². The Morgan fingerprint density at radius 3 is 2.68 bits per heavy atom. The molecule has 1 fully saturated rings. The summed E-state index contributed by atoms with van der Waals surface area (Å²) in [5, 5.41) is 7.42. The van der Waals surface area contributed by atoms with Gasteiger partial charge in [0.15, 0.2) is 5.13 Å². The van der Waals surface area contributed by atoms with Crippen LogP contribution in [0.25, 0.3) is 10.2 Å². The van der Waals surface area contributed by atoms with Crippen LogP contribution < -0.4 is 5.32 Å². The van der Waals surface area contributed by atoms with Gasteiger partial charge in [-0.2, -0.15) is 9.40 Å². The van der Waals surface area contributed by atoms with Gasteiger partial charge in [0, 0.05) is 32.3 Å². The fourth-order valence-corrected chi connectivity index (χ4v) is 5.79. The Bertz CT molecular complexity index is 1130. The molecule has 0 saturated carbocycles. The summed E-state index contributed by atoms with van der Waals surface area (Å²) in [5.41, 5.74) is 1.98. The summed E-state index contributed by atoms with van der Waals surface area (Å²) < 4.78 is 29.3. The van der Waals surface area contributed by atoms with Gasteiger partial charge in [-0.3, -0.25) is 9.48 Å². The number of thiazole rings is 1. The number of fused-ring (bicyclic) bond motifs is 1. The minimum atomic E-state index is -3.56. The quantitative estimate of drug-likeness (QED) is 0.700. The van der Waals surface area contributed by atoms with Crippen LogP contribution in [-0.4, -0.2) is 46.5 Å². The maximum absolute atomic E-state index is 12.7. The van der Waals surface area contributed by atoms with Crippen molar-refractivity contribution in [1.29, 1.82) is 0 Å². The second-order valence-electron chi connectivity index (χ2n) is 6.96. The number of piperidine rings is 1. The molecule has 2 aromatic heterocycles. The van der Waals surface area contributed by atoms with E-state index in [2.05, 4.69) is 15.4 Å². The van der Waals surface area contributed by atoms with Crippen molar-refractivity contribution in [3.63, 3.8) is 0 Å². The van der Waals surface area contributed by atoms with E-state index in [0.717, 1.165) is 15.8 Å². The minimum Gasteiger partial charge on any atom is -0.302 e. The standard InChI is InChI=1S/C18H21N5O3S2/c1-12-4-3-5-15-16(12)20-18(27-15)21-17(24)13-6-8-23(9-7-13)28(25,26)14-10-19-22(2)11-14/h3-5,10-11,13H,6-9H2,1-2H3,(H,20,21,24). The number of rotatable bonds is 4. The predicted octanol–water partition coefficient (Wildman–Crippen LogP) is 2.38. The second kappa shape index (κ2) is 7.26. The number of anilines is 1. The van der Waals surface area contributed by atoms with Crippen LogP contribution in [-0.2, 0) is 21.9 Å². The Hall–Kier alpha value is -2.30. The highest BCUT2D eigenvalue weighted by atomic mass is 32.2. The third-order valence-electron chi connectivity index (χ3n) is 4.99. The first-order chi connectivity index (χ1) is 13.3. The van der Waals surface area contributed by atoms with Crippen LogP contribution in [0.4, 0.5) is 5.13 Å². The molecule has 28 heavy (non-hydrogen) atoms. The molecule has 0 spiro atoms. The van der Waals surface area contributed by atoms with E-state index >= 15 is 0 Å². The number of hydrogen-bond donors (Lipinski definition) is 1. The lowest BCUT2D eigenvalue weighted by molar-refractivity contribution is -0.120. The normalized spacial score (nSPS) is 16.5. The fourth-order valence-electron chi connectivity index (χ4n) is 3.39. The third-order valence-corrected chi connectivity index (χ3v) is 7.78. The van der Waals surface area contributed by atoms with E-state index in [9.17, 15) is 13.2 Å².